The third-order valence-corrected chi connectivity index (χ3v) is 9.03. The number of benzene rings is 4. The number of methoxy groups -OCH3 is 1. The number of Topliss-reactive ketones (excluding diaryl/α,β-unsaturated/α-hetero) is 1. The molecule has 8 nitrogen and oxygen atoms in total. The van der Waals surface area contributed by atoms with E-state index in [4.69, 9.17) is 4.74 Å². The molecule has 4 aromatic carbocycles. The van der Waals surface area contributed by atoms with E-state index in [0.29, 0.717) is 23.5 Å². The topological polar surface area (TPSA) is 102 Å². The molecule has 0 bridgehead atoms. The van der Waals surface area contributed by atoms with Crippen molar-refractivity contribution >= 4 is 33.8 Å². The molecule has 1 amide bonds. The number of nitro benzene ring substituents is 1. The number of rotatable bonds is 5. The molecule has 0 aliphatic carbocycles. The maximum Gasteiger partial charge on any atom is 0.269 e. The Morgan fingerprint density at radius 2 is 1.82 bits per heavy atom. The standard InChI is InChI=1S/C32H27N3O5/c1-40-22-15-16-26-25(18-22)32(31(37)33-26)29(30(36)24-9-4-7-19-6-2-3-8-23(19)24)28(27-10-5-17-34(27)32)20-11-13-21(14-12-20)35(38)39/h2-4,6-9,11-16,18,27-29H,5,10,17H2,1H3,(H,33,37)/t27?,28?,29?,32-/m1/s1. The molecule has 0 aromatic heterocycles. The molecule has 1 N–H and O–H groups in total. The predicted molar refractivity (Wildman–Crippen MR) is 151 cm³/mol. The van der Waals surface area contributed by atoms with Crippen LogP contribution in [0.15, 0.2) is 84.9 Å². The molecule has 3 heterocycles. The molecule has 8 heteroatoms. The molecule has 3 aliphatic heterocycles. The number of carbonyl (C=O) groups excluding carboxylic acids is 2. The van der Waals surface area contributed by atoms with Crippen LogP contribution in [0.3, 0.4) is 0 Å². The van der Waals surface area contributed by atoms with Crippen LogP contribution < -0.4 is 10.1 Å². The molecule has 200 valence electrons. The molecule has 4 atom stereocenters. The van der Waals surface area contributed by atoms with Gasteiger partial charge >= 0.3 is 0 Å². The van der Waals surface area contributed by atoms with Gasteiger partial charge in [-0.05, 0) is 53.9 Å². The highest BCUT2D eigenvalue weighted by Gasteiger charge is 2.69. The van der Waals surface area contributed by atoms with E-state index >= 15 is 0 Å². The maximum absolute atomic E-state index is 15.0. The van der Waals surface area contributed by atoms with Crippen LogP contribution in [-0.4, -0.2) is 41.2 Å². The fraction of sp³-hybridized carbons (Fsp3) is 0.250. The summed E-state index contributed by atoms with van der Waals surface area (Å²) in [5, 5.41) is 16.3. The number of ketones is 1. The van der Waals surface area contributed by atoms with Crippen LogP contribution in [0, 0.1) is 16.0 Å². The summed E-state index contributed by atoms with van der Waals surface area (Å²) in [5.74, 6) is -0.831. The third-order valence-electron chi connectivity index (χ3n) is 9.03. The van der Waals surface area contributed by atoms with Crippen molar-refractivity contribution in [3.63, 3.8) is 0 Å². The number of hydrogen-bond donors (Lipinski definition) is 1. The van der Waals surface area contributed by atoms with Gasteiger partial charge < -0.3 is 10.1 Å². The molecule has 2 fully saturated rings. The van der Waals surface area contributed by atoms with Crippen molar-refractivity contribution in [2.24, 2.45) is 5.92 Å². The van der Waals surface area contributed by atoms with Gasteiger partial charge in [0, 0.05) is 40.9 Å². The van der Waals surface area contributed by atoms with Crippen molar-refractivity contribution < 1.29 is 19.2 Å². The number of carbonyl (C=O) groups is 2. The number of nitro groups is 1. The summed E-state index contributed by atoms with van der Waals surface area (Å²) in [7, 11) is 1.59. The smallest absolute Gasteiger partial charge is 0.269 e. The van der Waals surface area contributed by atoms with E-state index in [0.717, 1.165) is 34.7 Å². The second-order valence-electron chi connectivity index (χ2n) is 10.8. The first kappa shape index (κ1) is 24.5. The summed E-state index contributed by atoms with van der Waals surface area (Å²) in [6, 6.07) is 25.4. The Balaban J connectivity index is 1.50. The van der Waals surface area contributed by atoms with Gasteiger partial charge in [0.15, 0.2) is 5.78 Å². The van der Waals surface area contributed by atoms with Gasteiger partial charge in [-0.25, -0.2) is 0 Å². The van der Waals surface area contributed by atoms with Crippen LogP contribution in [0.4, 0.5) is 11.4 Å². The molecule has 40 heavy (non-hydrogen) atoms. The number of nitrogens with one attached hydrogen (secondary N) is 1. The highest BCUT2D eigenvalue weighted by atomic mass is 16.6. The second-order valence-corrected chi connectivity index (χ2v) is 10.8. The monoisotopic (exact) mass is 533 g/mol. The number of nitrogens with zero attached hydrogens (tertiary/aromatic N) is 2. The van der Waals surface area contributed by atoms with Crippen LogP contribution in [0.1, 0.15) is 40.2 Å². The lowest BCUT2D eigenvalue weighted by molar-refractivity contribution is -0.384. The first-order valence-electron chi connectivity index (χ1n) is 13.5. The van der Waals surface area contributed by atoms with E-state index in [1.807, 2.05) is 60.7 Å². The molecule has 0 radical (unpaired) electrons. The number of ether oxygens (including phenoxy) is 1. The fourth-order valence-electron chi connectivity index (χ4n) is 7.47. The zero-order valence-electron chi connectivity index (χ0n) is 21.9. The van der Waals surface area contributed by atoms with Crippen LogP contribution >= 0.6 is 0 Å². The van der Waals surface area contributed by atoms with Crippen LogP contribution in [0.2, 0.25) is 0 Å². The van der Waals surface area contributed by atoms with Gasteiger partial charge in [0.05, 0.1) is 18.0 Å². The third kappa shape index (κ3) is 3.29. The van der Waals surface area contributed by atoms with Crippen molar-refractivity contribution in [3.05, 3.63) is 112 Å². The van der Waals surface area contributed by atoms with Crippen molar-refractivity contribution in [3.8, 4) is 5.75 Å². The molecule has 1 spiro atoms. The zero-order valence-corrected chi connectivity index (χ0v) is 21.9. The van der Waals surface area contributed by atoms with Gasteiger partial charge in [-0.2, -0.15) is 0 Å². The number of non-ortho nitro benzene ring substituents is 1. The molecule has 7 rings (SSSR count). The molecule has 2 saturated heterocycles. The number of anilines is 1. The van der Waals surface area contributed by atoms with Gasteiger partial charge in [-0.3, -0.25) is 24.6 Å². The van der Waals surface area contributed by atoms with Gasteiger partial charge in [-0.1, -0.05) is 54.6 Å². The summed E-state index contributed by atoms with van der Waals surface area (Å²) in [4.78, 5) is 42.5. The second kappa shape index (κ2) is 8.99. The lowest BCUT2D eigenvalue weighted by Gasteiger charge is -2.37. The molecule has 0 saturated carbocycles. The summed E-state index contributed by atoms with van der Waals surface area (Å²) in [6.07, 6.45) is 1.70. The van der Waals surface area contributed by atoms with E-state index in [2.05, 4.69) is 10.2 Å². The minimum Gasteiger partial charge on any atom is -0.497 e. The largest absolute Gasteiger partial charge is 0.497 e. The molecular formula is C32H27N3O5. The molecule has 3 aliphatic rings. The summed E-state index contributed by atoms with van der Waals surface area (Å²) in [5.41, 5.74) is 1.56. The van der Waals surface area contributed by atoms with Gasteiger partial charge in [-0.15, -0.1) is 0 Å². The molecule has 4 aromatic rings. The summed E-state index contributed by atoms with van der Waals surface area (Å²) < 4.78 is 5.57. The van der Waals surface area contributed by atoms with E-state index in [-0.39, 0.29) is 29.3 Å². The molecular weight excluding hydrogens is 506 g/mol. The highest BCUT2D eigenvalue weighted by Crippen LogP contribution is 2.61. The Kier molecular flexibility index (Phi) is 5.50. The maximum atomic E-state index is 15.0. The SMILES string of the molecule is COc1ccc2c(c1)[C@]1(C(=O)N2)C(C(=O)c2cccc3ccccc23)C(c2ccc([N+](=O)[O-])cc2)C2CCCN21. The number of hydrogen-bond acceptors (Lipinski definition) is 6. The molecule has 3 unspecified atom stereocenters. The first-order chi connectivity index (χ1) is 19.4. The zero-order chi connectivity index (χ0) is 27.6. The van der Waals surface area contributed by atoms with E-state index in [1.165, 1.54) is 12.1 Å². The summed E-state index contributed by atoms with van der Waals surface area (Å²) >= 11 is 0. The Morgan fingerprint density at radius 3 is 2.60 bits per heavy atom. The summed E-state index contributed by atoms with van der Waals surface area (Å²) in [6.45, 7) is 0.664. The van der Waals surface area contributed by atoms with Crippen LogP contribution in [0.5, 0.6) is 5.75 Å². The Bertz CT molecular complexity index is 1700. The van der Waals surface area contributed by atoms with Crippen molar-refractivity contribution in [1.82, 2.24) is 4.90 Å². The highest BCUT2D eigenvalue weighted by molar-refractivity contribution is 6.16. The number of amides is 1. The minimum atomic E-state index is -1.24. The normalized spacial score (nSPS) is 25.1. The Morgan fingerprint density at radius 1 is 1.05 bits per heavy atom. The van der Waals surface area contributed by atoms with Crippen LogP contribution in [0.25, 0.3) is 10.8 Å². The van der Waals surface area contributed by atoms with Gasteiger partial charge in [0.2, 0.25) is 5.91 Å². The predicted octanol–water partition coefficient (Wildman–Crippen LogP) is 5.66. The Hall–Kier alpha value is -4.56. The average molecular weight is 534 g/mol. The van der Waals surface area contributed by atoms with Gasteiger partial charge in [0.1, 0.15) is 11.3 Å². The van der Waals surface area contributed by atoms with Crippen molar-refractivity contribution in [1.29, 1.82) is 0 Å². The lowest BCUT2D eigenvalue weighted by atomic mass is 9.68. The Labute approximate surface area is 230 Å². The van der Waals surface area contributed by atoms with E-state index < -0.39 is 16.4 Å². The van der Waals surface area contributed by atoms with Gasteiger partial charge in [0.25, 0.3) is 5.69 Å². The first-order valence-corrected chi connectivity index (χ1v) is 13.5. The fourth-order valence-corrected chi connectivity index (χ4v) is 7.47. The lowest BCUT2D eigenvalue weighted by Crippen LogP contribution is -2.52. The minimum absolute atomic E-state index is 0.00893. The van der Waals surface area contributed by atoms with Crippen molar-refractivity contribution in [2.75, 3.05) is 19.0 Å². The average Bonchev–Trinajstić information content (AvgIpc) is 3.65. The quantitative estimate of drug-likeness (QED) is 0.202. The van der Waals surface area contributed by atoms with Crippen LogP contribution in [-0.2, 0) is 10.3 Å². The van der Waals surface area contributed by atoms with E-state index in [9.17, 15) is 19.7 Å². The van der Waals surface area contributed by atoms with E-state index in [1.54, 1.807) is 19.2 Å². The van der Waals surface area contributed by atoms with Crippen molar-refractivity contribution in [2.45, 2.75) is 30.3 Å². The number of fused-ring (bicyclic) bond motifs is 5.